The summed E-state index contributed by atoms with van der Waals surface area (Å²) in [4.78, 5) is 19.1. The van der Waals surface area contributed by atoms with Gasteiger partial charge in [0, 0.05) is 24.6 Å². The molecule has 1 amide bonds. The second kappa shape index (κ2) is 9.92. The molecule has 26 heavy (non-hydrogen) atoms. The van der Waals surface area contributed by atoms with Crippen LogP contribution in [-0.4, -0.2) is 43.0 Å². The zero-order chi connectivity index (χ0) is 18.9. The van der Waals surface area contributed by atoms with Crippen molar-refractivity contribution in [1.29, 1.82) is 0 Å². The highest BCUT2D eigenvalue weighted by Gasteiger charge is 2.12. The summed E-state index contributed by atoms with van der Waals surface area (Å²) in [5.74, 6) is -0.120. The molecule has 2 rings (SSSR count). The maximum absolute atomic E-state index is 12.7. The van der Waals surface area contributed by atoms with Gasteiger partial charge in [0.25, 0.3) is 5.91 Å². The van der Waals surface area contributed by atoms with Crippen molar-refractivity contribution in [3.05, 3.63) is 53.3 Å². The van der Waals surface area contributed by atoms with Crippen molar-refractivity contribution in [1.82, 2.24) is 9.88 Å². The van der Waals surface area contributed by atoms with E-state index in [2.05, 4.69) is 60.6 Å². The van der Waals surface area contributed by atoms with Gasteiger partial charge >= 0.3 is 0 Å². The molecule has 0 radical (unpaired) electrons. The molecule has 0 aliphatic carbocycles. The number of nitrogens with zero attached hydrogens (tertiary/aromatic N) is 2. The molecule has 1 heterocycles. The van der Waals surface area contributed by atoms with Gasteiger partial charge in [0.1, 0.15) is 0 Å². The summed E-state index contributed by atoms with van der Waals surface area (Å²) in [6.45, 7) is 6.08. The summed E-state index contributed by atoms with van der Waals surface area (Å²) in [5.41, 5.74) is 4.69. The van der Waals surface area contributed by atoms with Crippen molar-refractivity contribution in [2.24, 2.45) is 0 Å². The number of carbonyl (C=O) groups excluding carboxylic acids is 1. The van der Waals surface area contributed by atoms with E-state index in [4.69, 9.17) is 0 Å². The molecule has 0 bridgehead atoms. The molecule has 2 N–H and O–H groups in total. The number of para-hydroxylation sites is 1. The van der Waals surface area contributed by atoms with Crippen molar-refractivity contribution in [3.8, 4) is 0 Å². The van der Waals surface area contributed by atoms with Gasteiger partial charge in [-0.1, -0.05) is 32.0 Å². The van der Waals surface area contributed by atoms with Crippen molar-refractivity contribution in [2.45, 2.75) is 33.1 Å². The van der Waals surface area contributed by atoms with E-state index < -0.39 is 0 Å². The number of hydrogen-bond donors (Lipinski definition) is 2. The minimum absolute atomic E-state index is 0.120. The molecule has 0 spiro atoms. The zero-order valence-electron chi connectivity index (χ0n) is 16.3. The average Bonchev–Trinajstić information content (AvgIpc) is 2.65. The largest absolute Gasteiger partial charge is 0.384 e. The van der Waals surface area contributed by atoms with Crippen molar-refractivity contribution >= 4 is 17.3 Å². The van der Waals surface area contributed by atoms with Crippen LogP contribution in [0.15, 0.2) is 36.7 Å². The first kappa shape index (κ1) is 19.9. The summed E-state index contributed by atoms with van der Waals surface area (Å²) >= 11 is 0. The third kappa shape index (κ3) is 5.56. The zero-order valence-corrected chi connectivity index (χ0v) is 16.3. The maximum atomic E-state index is 12.7. The Morgan fingerprint density at radius 2 is 1.81 bits per heavy atom. The highest BCUT2D eigenvalue weighted by molar-refractivity contribution is 6.05. The van der Waals surface area contributed by atoms with E-state index in [0.717, 1.165) is 54.9 Å². The van der Waals surface area contributed by atoms with Gasteiger partial charge in [0.2, 0.25) is 0 Å². The van der Waals surface area contributed by atoms with E-state index in [-0.39, 0.29) is 5.91 Å². The fourth-order valence-electron chi connectivity index (χ4n) is 2.88. The molecule has 1 aromatic carbocycles. The first-order valence-corrected chi connectivity index (χ1v) is 9.30. The Morgan fingerprint density at radius 1 is 1.12 bits per heavy atom. The normalized spacial score (nSPS) is 10.8. The highest BCUT2D eigenvalue weighted by atomic mass is 16.1. The third-order valence-corrected chi connectivity index (χ3v) is 4.35. The molecule has 2 aromatic rings. The molecule has 0 aliphatic heterocycles. The second-order valence-electron chi connectivity index (χ2n) is 6.66. The molecule has 0 unspecified atom stereocenters. The van der Waals surface area contributed by atoms with E-state index in [0.29, 0.717) is 5.56 Å². The Bertz CT molecular complexity index is 705. The van der Waals surface area contributed by atoms with Gasteiger partial charge in [0.15, 0.2) is 0 Å². The van der Waals surface area contributed by atoms with Crippen LogP contribution in [0.1, 0.15) is 41.8 Å². The van der Waals surface area contributed by atoms with Crippen LogP contribution in [0.2, 0.25) is 0 Å². The SMILES string of the molecule is CCc1cccc(CC)c1NC(=O)c1cncc(NCCCN(C)C)c1. The predicted molar refractivity (Wildman–Crippen MR) is 109 cm³/mol. The van der Waals surface area contributed by atoms with Gasteiger partial charge in [-0.25, -0.2) is 0 Å². The molecular weight excluding hydrogens is 324 g/mol. The van der Waals surface area contributed by atoms with Crippen LogP contribution in [0, 0.1) is 0 Å². The molecule has 140 valence electrons. The van der Waals surface area contributed by atoms with E-state index >= 15 is 0 Å². The Kier molecular flexibility index (Phi) is 7.60. The van der Waals surface area contributed by atoms with Crippen molar-refractivity contribution in [2.75, 3.05) is 37.8 Å². The van der Waals surface area contributed by atoms with Crippen LogP contribution >= 0.6 is 0 Å². The Morgan fingerprint density at radius 3 is 2.42 bits per heavy atom. The smallest absolute Gasteiger partial charge is 0.257 e. The Labute approximate surface area is 156 Å². The first-order valence-electron chi connectivity index (χ1n) is 9.30. The van der Waals surface area contributed by atoms with Crippen molar-refractivity contribution < 1.29 is 4.79 Å². The molecule has 5 heteroatoms. The number of benzene rings is 1. The minimum Gasteiger partial charge on any atom is -0.384 e. The number of aromatic nitrogens is 1. The Balaban J connectivity index is 2.07. The van der Waals surface area contributed by atoms with E-state index in [9.17, 15) is 4.79 Å². The van der Waals surface area contributed by atoms with Crippen LogP contribution in [0.4, 0.5) is 11.4 Å². The van der Waals surface area contributed by atoms with E-state index in [1.807, 2.05) is 12.1 Å². The van der Waals surface area contributed by atoms with Gasteiger partial charge in [0.05, 0.1) is 11.3 Å². The molecule has 1 aromatic heterocycles. The number of hydrogen-bond acceptors (Lipinski definition) is 4. The lowest BCUT2D eigenvalue weighted by Crippen LogP contribution is -2.17. The fourth-order valence-corrected chi connectivity index (χ4v) is 2.88. The van der Waals surface area contributed by atoms with Gasteiger partial charge in [-0.15, -0.1) is 0 Å². The minimum atomic E-state index is -0.120. The second-order valence-corrected chi connectivity index (χ2v) is 6.66. The van der Waals surface area contributed by atoms with Gasteiger partial charge < -0.3 is 15.5 Å². The van der Waals surface area contributed by atoms with Crippen LogP contribution in [0.25, 0.3) is 0 Å². The maximum Gasteiger partial charge on any atom is 0.257 e. The van der Waals surface area contributed by atoms with Crippen LogP contribution in [0.3, 0.4) is 0 Å². The number of rotatable bonds is 9. The summed E-state index contributed by atoms with van der Waals surface area (Å²) in [7, 11) is 4.12. The molecule has 0 aliphatic rings. The number of anilines is 2. The monoisotopic (exact) mass is 354 g/mol. The van der Waals surface area contributed by atoms with Crippen molar-refractivity contribution in [3.63, 3.8) is 0 Å². The quantitative estimate of drug-likeness (QED) is 0.672. The van der Waals surface area contributed by atoms with E-state index in [1.54, 1.807) is 12.4 Å². The summed E-state index contributed by atoms with van der Waals surface area (Å²) < 4.78 is 0. The average molecular weight is 354 g/mol. The van der Waals surface area contributed by atoms with Gasteiger partial charge in [-0.05, 0) is 57.1 Å². The lowest BCUT2D eigenvalue weighted by atomic mass is 10.0. The predicted octanol–water partition coefficient (Wildman–Crippen LogP) is 3.82. The van der Waals surface area contributed by atoms with Gasteiger partial charge in [-0.2, -0.15) is 0 Å². The van der Waals surface area contributed by atoms with Crippen LogP contribution in [0.5, 0.6) is 0 Å². The standard InChI is InChI=1S/C21H30N4O/c1-5-16-9-7-10-17(6-2)20(16)24-21(26)18-13-19(15-22-14-18)23-11-8-12-25(3)4/h7,9-10,13-15,23H,5-6,8,11-12H2,1-4H3,(H,24,26). The molecule has 0 saturated carbocycles. The number of carbonyl (C=O) groups is 1. The summed E-state index contributed by atoms with van der Waals surface area (Å²) in [6.07, 6.45) is 6.17. The number of pyridine rings is 1. The molecule has 0 saturated heterocycles. The van der Waals surface area contributed by atoms with Gasteiger partial charge in [-0.3, -0.25) is 9.78 Å². The Hall–Kier alpha value is -2.40. The number of nitrogens with one attached hydrogen (secondary N) is 2. The number of aryl methyl sites for hydroxylation is 2. The third-order valence-electron chi connectivity index (χ3n) is 4.35. The molecular formula is C21H30N4O. The molecule has 5 nitrogen and oxygen atoms in total. The lowest BCUT2D eigenvalue weighted by Gasteiger charge is -2.15. The topological polar surface area (TPSA) is 57.3 Å². The van der Waals surface area contributed by atoms with Crippen LogP contribution in [-0.2, 0) is 12.8 Å². The van der Waals surface area contributed by atoms with Crippen LogP contribution < -0.4 is 10.6 Å². The summed E-state index contributed by atoms with van der Waals surface area (Å²) in [6, 6.07) is 8.04. The summed E-state index contributed by atoms with van der Waals surface area (Å²) in [5, 5.41) is 6.43. The lowest BCUT2D eigenvalue weighted by molar-refractivity contribution is 0.102. The molecule has 0 fully saturated rings. The molecule has 0 atom stereocenters. The van der Waals surface area contributed by atoms with E-state index in [1.165, 1.54) is 0 Å². The number of amides is 1. The highest BCUT2D eigenvalue weighted by Crippen LogP contribution is 2.23. The first-order chi connectivity index (χ1) is 12.5. The fraction of sp³-hybridized carbons (Fsp3) is 0.429.